The molecule has 0 unspecified atom stereocenters. The number of carbonyl (C=O) groups is 1. The summed E-state index contributed by atoms with van der Waals surface area (Å²) in [5, 5.41) is 3.75. The molecule has 1 aliphatic heterocycles. The fourth-order valence-electron chi connectivity index (χ4n) is 4.51. The zero-order valence-electron chi connectivity index (χ0n) is 17.3. The summed E-state index contributed by atoms with van der Waals surface area (Å²) in [4.78, 5) is 13.1. The van der Waals surface area contributed by atoms with Crippen LogP contribution in [0.2, 0.25) is 5.02 Å². The van der Waals surface area contributed by atoms with Gasteiger partial charge in [-0.25, -0.2) is 8.42 Å². The Morgan fingerprint density at radius 1 is 1.06 bits per heavy atom. The van der Waals surface area contributed by atoms with Crippen molar-refractivity contribution in [1.82, 2.24) is 9.62 Å². The van der Waals surface area contributed by atoms with Gasteiger partial charge in [-0.1, -0.05) is 42.6 Å². The molecule has 1 aliphatic carbocycles. The molecule has 2 aromatic rings. The van der Waals surface area contributed by atoms with Crippen LogP contribution in [-0.4, -0.2) is 51.5 Å². The highest BCUT2D eigenvalue weighted by atomic mass is 35.5. The second-order valence-corrected chi connectivity index (χ2v) is 10.6. The zero-order chi connectivity index (χ0) is 21.9. The van der Waals surface area contributed by atoms with E-state index in [1.54, 1.807) is 12.1 Å². The second kappa shape index (κ2) is 9.28. The molecule has 2 fully saturated rings. The van der Waals surface area contributed by atoms with Crippen molar-refractivity contribution in [3.05, 3.63) is 64.7 Å². The lowest BCUT2D eigenvalue weighted by Crippen LogP contribution is -2.41. The number of rotatable bonds is 6. The fraction of sp³-hybridized carbons (Fsp3) is 0.435. The average Bonchev–Trinajstić information content (AvgIpc) is 3.29. The monoisotopic (exact) mass is 462 g/mol. The number of hydrogen-bond donors (Lipinski definition) is 1. The molecule has 1 saturated heterocycles. The summed E-state index contributed by atoms with van der Waals surface area (Å²) in [6.07, 6.45) is 4.23. The number of hydrogen-bond acceptors (Lipinski definition) is 4. The van der Waals surface area contributed by atoms with Crippen LogP contribution in [0, 0.1) is 0 Å². The van der Waals surface area contributed by atoms with Crippen LogP contribution in [0.15, 0.2) is 53.4 Å². The van der Waals surface area contributed by atoms with Crippen molar-refractivity contribution in [2.24, 2.45) is 0 Å². The molecule has 1 heterocycles. The van der Waals surface area contributed by atoms with E-state index in [9.17, 15) is 13.2 Å². The molecular formula is C23H27ClN2O4S. The lowest BCUT2D eigenvalue weighted by atomic mass is 9.79. The fourth-order valence-corrected chi connectivity index (χ4v) is 6.09. The van der Waals surface area contributed by atoms with Crippen molar-refractivity contribution in [1.29, 1.82) is 0 Å². The van der Waals surface area contributed by atoms with E-state index < -0.39 is 10.0 Å². The molecule has 1 saturated carbocycles. The largest absolute Gasteiger partial charge is 0.379 e. The van der Waals surface area contributed by atoms with Crippen molar-refractivity contribution in [3.8, 4) is 0 Å². The van der Waals surface area contributed by atoms with E-state index in [1.807, 2.05) is 24.3 Å². The van der Waals surface area contributed by atoms with Crippen molar-refractivity contribution in [3.63, 3.8) is 0 Å². The second-order valence-electron chi connectivity index (χ2n) is 8.22. The smallest absolute Gasteiger partial charge is 0.251 e. The van der Waals surface area contributed by atoms with Gasteiger partial charge in [0.2, 0.25) is 10.0 Å². The first-order chi connectivity index (χ1) is 14.9. The third-order valence-corrected chi connectivity index (χ3v) is 8.46. The highest BCUT2D eigenvalue weighted by Crippen LogP contribution is 2.41. The van der Waals surface area contributed by atoms with E-state index in [1.165, 1.54) is 22.0 Å². The van der Waals surface area contributed by atoms with Gasteiger partial charge in [0.05, 0.1) is 18.1 Å². The molecule has 0 radical (unpaired) electrons. The molecule has 0 aromatic heterocycles. The number of nitrogens with zero attached hydrogens (tertiary/aromatic N) is 1. The molecule has 0 bridgehead atoms. The predicted molar refractivity (Wildman–Crippen MR) is 120 cm³/mol. The van der Waals surface area contributed by atoms with Gasteiger partial charge in [-0.3, -0.25) is 4.79 Å². The Bertz CT molecular complexity index is 1030. The van der Waals surface area contributed by atoms with Gasteiger partial charge in [0.15, 0.2) is 0 Å². The van der Waals surface area contributed by atoms with Gasteiger partial charge in [0.1, 0.15) is 0 Å². The van der Waals surface area contributed by atoms with Gasteiger partial charge in [-0.15, -0.1) is 0 Å². The van der Waals surface area contributed by atoms with Crippen LogP contribution in [0.5, 0.6) is 0 Å². The zero-order valence-corrected chi connectivity index (χ0v) is 18.9. The Kier molecular flexibility index (Phi) is 6.67. The van der Waals surface area contributed by atoms with Gasteiger partial charge < -0.3 is 10.1 Å². The molecule has 8 heteroatoms. The lowest BCUT2D eigenvalue weighted by Gasteiger charge is -2.30. The summed E-state index contributed by atoms with van der Waals surface area (Å²) < 4.78 is 32.5. The highest BCUT2D eigenvalue weighted by Gasteiger charge is 2.36. The molecule has 2 aliphatic rings. The summed E-state index contributed by atoms with van der Waals surface area (Å²) in [7, 11) is -3.65. The standard InChI is InChI=1S/C23H27ClN2O4S/c24-20-8-6-19(7-9-20)23(10-1-2-11-23)17-25-22(27)18-4-3-5-21(16-18)31(28,29)26-12-14-30-15-13-26/h3-9,16H,1-2,10-15,17H2,(H,25,27). The topological polar surface area (TPSA) is 75.7 Å². The number of sulfonamides is 1. The number of nitrogens with one attached hydrogen (secondary N) is 1. The molecule has 2 aromatic carbocycles. The van der Waals surface area contributed by atoms with Crippen LogP contribution in [0.4, 0.5) is 0 Å². The number of morpholine rings is 1. The summed E-state index contributed by atoms with van der Waals surface area (Å²) in [6.45, 7) is 1.91. The maximum absolute atomic E-state index is 12.9. The van der Waals surface area contributed by atoms with Gasteiger partial charge >= 0.3 is 0 Å². The molecular weight excluding hydrogens is 436 g/mol. The SMILES string of the molecule is O=C(NCC1(c2ccc(Cl)cc2)CCCC1)c1cccc(S(=O)(=O)N2CCOCC2)c1. The van der Waals surface area contributed by atoms with Crippen molar-refractivity contribution >= 4 is 27.5 Å². The Morgan fingerprint density at radius 3 is 2.42 bits per heavy atom. The van der Waals surface area contributed by atoms with Gasteiger partial charge in [0, 0.05) is 35.6 Å². The maximum atomic E-state index is 12.9. The lowest BCUT2D eigenvalue weighted by molar-refractivity contribution is 0.0730. The number of carbonyl (C=O) groups excluding carboxylic acids is 1. The van der Waals surface area contributed by atoms with E-state index in [-0.39, 0.29) is 16.2 Å². The van der Waals surface area contributed by atoms with Crippen LogP contribution in [-0.2, 0) is 20.2 Å². The Labute approximate surface area is 188 Å². The Balaban J connectivity index is 1.50. The molecule has 0 atom stereocenters. The summed E-state index contributed by atoms with van der Waals surface area (Å²) >= 11 is 6.05. The summed E-state index contributed by atoms with van der Waals surface area (Å²) in [5.41, 5.74) is 1.41. The quantitative estimate of drug-likeness (QED) is 0.711. The number of ether oxygens (including phenoxy) is 1. The molecule has 4 rings (SSSR count). The van der Waals surface area contributed by atoms with Crippen LogP contribution < -0.4 is 5.32 Å². The van der Waals surface area contributed by atoms with Crippen molar-refractivity contribution < 1.29 is 17.9 Å². The molecule has 1 amide bonds. The average molecular weight is 463 g/mol. The first-order valence-electron chi connectivity index (χ1n) is 10.6. The normalized spacial score (nSPS) is 19.3. The number of halogens is 1. The number of benzene rings is 2. The van der Waals surface area contributed by atoms with Gasteiger partial charge in [-0.2, -0.15) is 4.31 Å². The Morgan fingerprint density at radius 2 is 1.74 bits per heavy atom. The summed E-state index contributed by atoms with van der Waals surface area (Å²) in [6, 6.07) is 14.1. The van der Waals surface area contributed by atoms with Gasteiger partial charge in [0.25, 0.3) is 5.91 Å². The van der Waals surface area contributed by atoms with E-state index in [2.05, 4.69) is 5.32 Å². The molecule has 166 valence electrons. The number of amides is 1. The van der Waals surface area contributed by atoms with Crippen LogP contribution in [0.3, 0.4) is 0 Å². The first-order valence-corrected chi connectivity index (χ1v) is 12.4. The van der Waals surface area contributed by atoms with Crippen molar-refractivity contribution in [2.45, 2.75) is 36.0 Å². The van der Waals surface area contributed by atoms with E-state index in [0.29, 0.717) is 43.4 Å². The van der Waals surface area contributed by atoms with E-state index in [4.69, 9.17) is 16.3 Å². The van der Waals surface area contributed by atoms with Crippen molar-refractivity contribution in [2.75, 3.05) is 32.8 Å². The first kappa shape index (κ1) is 22.3. The van der Waals surface area contributed by atoms with Gasteiger partial charge in [-0.05, 0) is 48.7 Å². The van der Waals surface area contributed by atoms with E-state index >= 15 is 0 Å². The minimum atomic E-state index is -3.65. The van der Waals surface area contributed by atoms with Crippen LogP contribution >= 0.6 is 11.6 Å². The summed E-state index contributed by atoms with van der Waals surface area (Å²) in [5.74, 6) is -0.265. The van der Waals surface area contributed by atoms with Crippen LogP contribution in [0.25, 0.3) is 0 Å². The minimum Gasteiger partial charge on any atom is -0.379 e. The molecule has 6 nitrogen and oxygen atoms in total. The van der Waals surface area contributed by atoms with Crippen LogP contribution in [0.1, 0.15) is 41.6 Å². The maximum Gasteiger partial charge on any atom is 0.251 e. The molecule has 31 heavy (non-hydrogen) atoms. The van der Waals surface area contributed by atoms with E-state index in [0.717, 1.165) is 25.7 Å². The Hall–Kier alpha value is -1.93. The highest BCUT2D eigenvalue weighted by molar-refractivity contribution is 7.89. The predicted octanol–water partition coefficient (Wildman–Crippen LogP) is 3.60. The molecule has 1 N–H and O–H groups in total. The minimum absolute atomic E-state index is 0.113. The third-order valence-electron chi connectivity index (χ3n) is 6.31. The molecule has 0 spiro atoms. The third kappa shape index (κ3) is 4.80.